The van der Waals surface area contributed by atoms with E-state index in [9.17, 15) is 19.8 Å². The SMILES string of the molecule is C#Cc1ccc2c(-c3c(O)c(C(=O)OCCCCCC)cc4cc(C#C)ccc34)c(O)c(C(=O)OCCCCCC)cc2c1. The van der Waals surface area contributed by atoms with Gasteiger partial charge in [-0.15, -0.1) is 12.8 Å². The summed E-state index contributed by atoms with van der Waals surface area (Å²) >= 11 is 0. The maximum atomic E-state index is 13.3. The molecule has 0 fully saturated rings. The molecule has 0 amide bonds. The highest BCUT2D eigenvalue weighted by molar-refractivity contribution is 6.16. The van der Waals surface area contributed by atoms with Crippen LogP contribution in [0.15, 0.2) is 48.5 Å². The van der Waals surface area contributed by atoms with E-state index in [4.69, 9.17) is 22.3 Å². The van der Waals surface area contributed by atoms with Crippen LogP contribution >= 0.6 is 0 Å². The van der Waals surface area contributed by atoms with E-state index in [0.29, 0.717) is 45.5 Å². The highest BCUT2D eigenvalue weighted by Crippen LogP contribution is 2.48. The second-order valence-electron chi connectivity index (χ2n) is 10.8. The third-order valence-electron chi connectivity index (χ3n) is 7.71. The van der Waals surface area contributed by atoms with Crippen LogP contribution in [0.2, 0.25) is 0 Å². The number of terminal acetylenes is 2. The number of ether oxygens (including phenoxy) is 2. The molecule has 0 aliphatic heterocycles. The Morgan fingerprint density at radius 3 is 1.41 bits per heavy atom. The number of carbonyl (C=O) groups is 2. The summed E-state index contributed by atoms with van der Waals surface area (Å²) in [5.41, 5.74) is 1.32. The van der Waals surface area contributed by atoms with Gasteiger partial charge in [-0.2, -0.15) is 0 Å². The van der Waals surface area contributed by atoms with Crippen LogP contribution in [-0.2, 0) is 9.47 Å². The summed E-state index contributed by atoms with van der Waals surface area (Å²) in [6.07, 6.45) is 18.7. The Bertz CT molecular complexity index is 1640. The summed E-state index contributed by atoms with van der Waals surface area (Å²) in [6, 6.07) is 13.4. The molecule has 0 aromatic heterocycles. The van der Waals surface area contributed by atoms with E-state index in [2.05, 4.69) is 25.7 Å². The number of rotatable bonds is 13. The smallest absolute Gasteiger partial charge is 0.341 e. The average Bonchev–Trinajstić information content (AvgIpc) is 3.03. The molecule has 2 N–H and O–H groups in total. The van der Waals surface area contributed by atoms with Crippen LogP contribution in [0.1, 0.15) is 97.1 Å². The van der Waals surface area contributed by atoms with Crippen LogP contribution in [0.4, 0.5) is 0 Å². The van der Waals surface area contributed by atoms with Crippen LogP contribution in [0, 0.1) is 24.7 Å². The van der Waals surface area contributed by atoms with Crippen molar-refractivity contribution in [3.63, 3.8) is 0 Å². The molecule has 0 aliphatic carbocycles. The first-order valence-electron chi connectivity index (χ1n) is 15.2. The zero-order valence-corrected chi connectivity index (χ0v) is 25.4. The topological polar surface area (TPSA) is 93.1 Å². The lowest BCUT2D eigenvalue weighted by atomic mass is 9.88. The van der Waals surface area contributed by atoms with Crippen molar-refractivity contribution in [1.29, 1.82) is 0 Å². The monoisotopic (exact) mass is 590 g/mol. The summed E-state index contributed by atoms with van der Waals surface area (Å²) in [5, 5.41) is 25.6. The van der Waals surface area contributed by atoms with Gasteiger partial charge in [0, 0.05) is 22.3 Å². The first-order chi connectivity index (χ1) is 21.3. The number of phenolic OH excluding ortho intramolecular Hbond substituents is 2. The number of unbranched alkanes of at least 4 members (excludes halogenated alkanes) is 6. The lowest BCUT2D eigenvalue weighted by molar-refractivity contribution is 0.0484. The zero-order valence-electron chi connectivity index (χ0n) is 25.4. The zero-order chi connectivity index (χ0) is 31.6. The van der Waals surface area contributed by atoms with Gasteiger partial charge in [-0.25, -0.2) is 9.59 Å². The van der Waals surface area contributed by atoms with E-state index in [1.165, 1.54) is 12.1 Å². The van der Waals surface area contributed by atoms with Gasteiger partial charge in [0.2, 0.25) is 0 Å². The van der Waals surface area contributed by atoms with Crippen LogP contribution in [0.3, 0.4) is 0 Å². The van der Waals surface area contributed by atoms with Crippen LogP contribution in [0.5, 0.6) is 11.5 Å². The minimum atomic E-state index is -0.700. The average molecular weight is 591 g/mol. The Hall–Kier alpha value is -4.94. The molecule has 6 nitrogen and oxygen atoms in total. The molecule has 0 aliphatic rings. The Morgan fingerprint density at radius 2 is 1.05 bits per heavy atom. The number of carbonyl (C=O) groups excluding carboxylic acids is 2. The normalized spacial score (nSPS) is 10.8. The molecular formula is C38H38O6. The predicted octanol–water partition coefficient (Wildman–Crippen LogP) is 8.51. The van der Waals surface area contributed by atoms with Crippen molar-refractivity contribution in [2.24, 2.45) is 0 Å². The highest BCUT2D eigenvalue weighted by atomic mass is 16.5. The Kier molecular flexibility index (Phi) is 10.9. The number of hydrogen-bond donors (Lipinski definition) is 2. The van der Waals surface area contributed by atoms with Crippen molar-refractivity contribution in [2.45, 2.75) is 65.2 Å². The van der Waals surface area contributed by atoms with Gasteiger partial charge in [0.05, 0.1) is 13.2 Å². The quantitative estimate of drug-likeness (QED) is 0.0921. The fourth-order valence-corrected chi connectivity index (χ4v) is 5.33. The molecule has 0 spiro atoms. The molecule has 0 saturated carbocycles. The molecule has 0 atom stereocenters. The van der Waals surface area contributed by atoms with Gasteiger partial charge in [-0.3, -0.25) is 0 Å². The van der Waals surface area contributed by atoms with Crippen molar-refractivity contribution in [1.82, 2.24) is 0 Å². The number of aromatic hydroxyl groups is 2. The Labute approximate surface area is 259 Å². The minimum absolute atomic E-state index is 0.0751. The summed E-state index contributed by atoms with van der Waals surface area (Å²) in [7, 11) is 0. The van der Waals surface area contributed by atoms with Gasteiger partial charge >= 0.3 is 11.9 Å². The van der Waals surface area contributed by atoms with Crippen LogP contribution in [0.25, 0.3) is 32.7 Å². The predicted molar refractivity (Wildman–Crippen MR) is 175 cm³/mol. The van der Waals surface area contributed by atoms with E-state index < -0.39 is 11.9 Å². The van der Waals surface area contributed by atoms with E-state index >= 15 is 0 Å². The number of phenols is 2. The second kappa shape index (κ2) is 15.0. The van der Waals surface area contributed by atoms with Crippen molar-refractivity contribution in [2.75, 3.05) is 13.2 Å². The molecular weight excluding hydrogens is 552 g/mol. The first kappa shape index (κ1) is 32.0. The molecule has 0 saturated heterocycles. The summed E-state index contributed by atoms with van der Waals surface area (Å²) in [4.78, 5) is 26.6. The van der Waals surface area contributed by atoms with E-state index in [-0.39, 0.29) is 47.0 Å². The number of benzene rings is 4. The second-order valence-corrected chi connectivity index (χ2v) is 10.8. The van der Waals surface area contributed by atoms with Crippen molar-refractivity contribution >= 4 is 33.5 Å². The fourth-order valence-electron chi connectivity index (χ4n) is 5.33. The molecule has 4 rings (SSSR count). The summed E-state index contributed by atoms with van der Waals surface area (Å²) in [5.74, 6) is 3.03. The van der Waals surface area contributed by atoms with E-state index in [1.54, 1.807) is 36.4 Å². The Balaban J connectivity index is 1.93. The first-order valence-corrected chi connectivity index (χ1v) is 15.2. The van der Waals surface area contributed by atoms with Gasteiger partial charge < -0.3 is 19.7 Å². The number of esters is 2. The van der Waals surface area contributed by atoms with Gasteiger partial charge in [0.15, 0.2) is 0 Å². The lowest BCUT2D eigenvalue weighted by Gasteiger charge is -2.19. The molecule has 44 heavy (non-hydrogen) atoms. The summed E-state index contributed by atoms with van der Waals surface area (Å²) in [6.45, 7) is 4.61. The third kappa shape index (κ3) is 6.99. The molecule has 4 aromatic carbocycles. The van der Waals surface area contributed by atoms with Gasteiger partial charge in [0.1, 0.15) is 22.6 Å². The molecule has 6 heteroatoms. The van der Waals surface area contributed by atoms with Gasteiger partial charge in [-0.1, -0.05) is 76.3 Å². The number of fused-ring (bicyclic) bond motifs is 2. The fraction of sp³-hybridized carbons (Fsp3) is 0.316. The maximum Gasteiger partial charge on any atom is 0.341 e. The van der Waals surface area contributed by atoms with Gasteiger partial charge in [-0.05, 0) is 70.8 Å². The van der Waals surface area contributed by atoms with E-state index in [0.717, 1.165) is 38.5 Å². The Morgan fingerprint density at radius 1 is 0.636 bits per heavy atom. The van der Waals surface area contributed by atoms with Crippen molar-refractivity contribution in [3.8, 4) is 47.3 Å². The number of hydrogen-bond acceptors (Lipinski definition) is 6. The molecule has 0 bridgehead atoms. The van der Waals surface area contributed by atoms with Crippen LogP contribution in [-0.4, -0.2) is 35.4 Å². The van der Waals surface area contributed by atoms with E-state index in [1.807, 2.05) is 0 Å². The summed E-state index contributed by atoms with van der Waals surface area (Å²) < 4.78 is 11.1. The molecule has 4 aromatic rings. The van der Waals surface area contributed by atoms with Crippen LogP contribution < -0.4 is 0 Å². The van der Waals surface area contributed by atoms with Crippen molar-refractivity contribution < 1.29 is 29.3 Å². The lowest BCUT2D eigenvalue weighted by Crippen LogP contribution is -2.09. The third-order valence-corrected chi connectivity index (χ3v) is 7.71. The minimum Gasteiger partial charge on any atom is -0.506 e. The van der Waals surface area contributed by atoms with Crippen molar-refractivity contribution in [3.05, 3.63) is 70.8 Å². The molecule has 0 radical (unpaired) electrons. The standard InChI is InChI=1S/C38H38O6/c1-5-9-11-13-19-43-37(41)31-23-27-21-25(7-3)15-17-29(27)33(35(31)39)34-30-18-16-26(8-4)22-28(30)24-32(36(34)40)38(42)44-20-14-12-10-6-2/h3-4,15-18,21-24,39-40H,5-6,9-14,19-20H2,1-2H3. The molecule has 0 unspecified atom stereocenters. The largest absolute Gasteiger partial charge is 0.506 e. The maximum absolute atomic E-state index is 13.3. The van der Waals surface area contributed by atoms with Gasteiger partial charge in [0.25, 0.3) is 0 Å². The molecule has 226 valence electrons. The highest BCUT2D eigenvalue weighted by Gasteiger charge is 2.27. The molecule has 0 heterocycles.